The Balaban J connectivity index is 2.20. The van der Waals surface area contributed by atoms with Gasteiger partial charge in [0, 0.05) is 19.3 Å². The molecule has 17 heavy (non-hydrogen) atoms. The molecule has 0 aromatic carbocycles. The molecule has 0 saturated carbocycles. The molecule has 6 heteroatoms. The second-order valence-electron chi connectivity index (χ2n) is 4.12. The van der Waals surface area contributed by atoms with E-state index < -0.39 is 0 Å². The van der Waals surface area contributed by atoms with Crippen LogP contribution in [0.15, 0.2) is 12.4 Å². The van der Waals surface area contributed by atoms with Gasteiger partial charge < -0.3 is 11.1 Å². The minimum Gasteiger partial charge on any atom is -0.396 e. The number of amides is 1. The molecular formula is C11H21N5O. The largest absolute Gasteiger partial charge is 0.396 e. The molecule has 0 aliphatic rings. The molecule has 6 nitrogen and oxygen atoms in total. The number of nitrogens with two attached hydrogens (primary N) is 1. The van der Waals surface area contributed by atoms with Gasteiger partial charge in [0.2, 0.25) is 5.91 Å². The zero-order valence-corrected chi connectivity index (χ0v) is 10.5. The summed E-state index contributed by atoms with van der Waals surface area (Å²) in [5, 5.41) is 6.92. The molecule has 96 valence electrons. The molecule has 0 bridgehead atoms. The quantitative estimate of drug-likeness (QED) is 0.698. The summed E-state index contributed by atoms with van der Waals surface area (Å²) < 4.78 is 1.77. The minimum atomic E-state index is 0.0642. The van der Waals surface area contributed by atoms with Crippen molar-refractivity contribution in [2.24, 2.45) is 0 Å². The van der Waals surface area contributed by atoms with Gasteiger partial charge in [-0.05, 0) is 13.5 Å². The number of anilines is 1. The smallest absolute Gasteiger partial charge is 0.234 e. The molecule has 1 heterocycles. The molecule has 0 aliphatic carbocycles. The maximum Gasteiger partial charge on any atom is 0.234 e. The average Bonchev–Trinajstić information content (AvgIpc) is 2.70. The standard InChI is InChI=1S/C11H21N5O/c1-3-4-13-11(17)9-15(2)5-6-16-8-10(12)7-14-16/h7-8H,3-6,9,12H2,1-2H3,(H,13,17). The van der Waals surface area contributed by atoms with Gasteiger partial charge in [0.15, 0.2) is 0 Å². The number of hydrogen-bond acceptors (Lipinski definition) is 4. The van der Waals surface area contributed by atoms with Gasteiger partial charge in [-0.1, -0.05) is 6.92 Å². The summed E-state index contributed by atoms with van der Waals surface area (Å²) in [5.41, 5.74) is 6.22. The number of rotatable bonds is 7. The molecule has 0 radical (unpaired) electrons. The van der Waals surface area contributed by atoms with Gasteiger partial charge in [0.25, 0.3) is 0 Å². The number of carbonyl (C=O) groups is 1. The van der Waals surface area contributed by atoms with Crippen LogP contribution in [0.1, 0.15) is 13.3 Å². The molecule has 0 saturated heterocycles. The van der Waals surface area contributed by atoms with E-state index in [0.29, 0.717) is 12.2 Å². The van der Waals surface area contributed by atoms with Crippen LogP contribution >= 0.6 is 0 Å². The van der Waals surface area contributed by atoms with Crippen molar-refractivity contribution in [1.29, 1.82) is 0 Å². The lowest BCUT2D eigenvalue weighted by molar-refractivity contribution is -0.121. The molecule has 1 aromatic rings. The first-order valence-electron chi connectivity index (χ1n) is 5.85. The molecule has 3 N–H and O–H groups in total. The van der Waals surface area contributed by atoms with Crippen LogP contribution in [-0.2, 0) is 11.3 Å². The highest BCUT2D eigenvalue weighted by molar-refractivity contribution is 5.77. The Kier molecular flexibility index (Phi) is 5.48. The Morgan fingerprint density at radius 2 is 2.41 bits per heavy atom. The summed E-state index contributed by atoms with van der Waals surface area (Å²) in [6.45, 7) is 4.68. The first-order valence-corrected chi connectivity index (χ1v) is 5.85. The predicted molar refractivity (Wildman–Crippen MR) is 67.4 cm³/mol. The number of carbonyl (C=O) groups excluding carboxylic acids is 1. The summed E-state index contributed by atoms with van der Waals surface area (Å²) in [7, 11) is 1.92. The van der Waals surface area contributed by atoms with Crippen molar-refractivity contribution >= 4 is 11.6 Å². The Morgan fingerprint density at radius 1 is 1.65 bits per heavy atom. The lowest BCUT2D eigenvalue weighted by atomic mass is 10.4. The van der Waals surface area contributed by atoms with Crippen LogP contribution < -0.4 is 11.1 Å². The van der Waals surface area contributed by atoms with Crippen molar-refractivity contribution < 1.29 is 4.79 Å². The molecule has 1 amide bonds. The molecule has 1 rings (SSSR count). The van der Waals surface area contributed by atoms with E-state index in [2.05, 4.69) is 10.4 Å². The van der Waals surface area contributed by atoms with Crippen LogP contribution in [0.25, 0.3) is 0 Å². The Labute approximate surface area is 102 Å². The van der Waals surface area contributed by atoms with E-state index in [1.807, 2.05) is 18.9 Å². The number of hydrogen-bond donors (Lipinski definition) is 2. The first kappa shape index (κ1) is 13.5. The Hall–Kier alpha value is -1.56. The molecule has 0 fully saturated rings. The fourth-order valence-corrected chi connectivity index (χ4v) is 1.42. The van der Waals surface area contributed by atoms with E-state index in [0.717, 1.165) is 26.1 Å². The first-order chi connectivity index (χ1) is 8.11. The van der Waals surface area contributed by atoms with Gasteiger partial charge in [-0.25, -0.2) is 0 Å². The molecule has 0 spiro atoms. The van der Waals surface area contributed by atoms with E-state index >= 15 is 0 Å². The zero-order chi connectivity index (χ0) is 12.7. The SMILES string of the molecule is CCCNC(=O)CN(C)CCn1cc(N)cn1. The highest BCUT2D eigenvalue weighted by Gasteiger charge is 2.05. The van der Waals surface area contributed by atoms with Crippen molar-refractivity contribution in [2.45, 2.75) is 19.9 Å². The van der Waals surface area contributed by atoms with Gasteiger partial charge in [-0.3, -0.25) is 14.4 Å². The van der Waals surface area contributed by atoms with Gasteiger partial charge >= 0.3 is 0 Å². The van der Waals surface area contributed by atoms with Crippen LogP contribution in [0.4, 0.5) is 5.69 Å². The lowest BCUT2D eigenvalue weighted by Gasteiger charge is -2.15. The second kappa shape index (κ2) is 6.90. The zero-order valence-electron chi connectivity index (χ0n) is 10.5. The fourth-order valence-electron chi connectivity index (χ4n) is 1.42. The van der Waals surface area contributed by atoms with Crippen LogP contribution in [-0.4, -0.2) is 47.3 Å². The summed E-state index contributed by atoms with van der Waals surface area (Å²) in [6, 6.07) is 0. The highest BCUT2D eigenvalue weighted by Crippen LogP contribution is 1.97. The number of nitrogens with zero attached hydrogens (tertiary/aromatic N) is 3. The molecule has 0 atom stereocenters. The third-order valence-corrected chi connectivity index (χ3v) is 2.35. The number of nitrogen functional groups attached to an aromatic ring is 1. The summed E-state index contributed by atoms with van der Waals surface area (Å²) in [5.74, 6) is 0.0642. The van der Waals surface area contributed by atoms with Crippen LogP contribution in [0.5, 0.6) is 0 Å². The van der Waals surface area contributed by atoms with E-state index in [1.54, 1.807) is 17.1 Å². The van der Waals surface area contributed by atoms with Crippen LogP contribution in [0, 0.1) is 0 Å². The van der Waals surface area contributed by atoms with Gasteiger partial charge in [0.1, 0.15) is 0 Å². The minimum absolute atomic E-state index is 0.0642. The monoisotopic (exact) mass is 239 g/mol. The van der Waals surface area contributed by atoms with Gasteiger partial charge in [0.05, 0.1) is 25.0 Å². The third-order valence-electron chi connectivity index (χ3n) is 2.35. The normalized spacial score (nSPS) is 10.8. The van der Waals surface area contributed by atoms with Crippen LogP contribution in [0.3, 0.4) is 0 Å². The van der Waals surface area contributed by atoms with E-state index in [-0.39, 0.29) is 5.91 Å². The number of likely N-dealkylation sites (N-methyl/N-ethyl adjacent to an activating group) is 1. The maximum absolute atomic E-state index is 11.4. The fraction of sp³-hybridized carbons (Fsp3) is 0.636. The summed E-state index contributed by atoms with van der Waals surface area (Å²) in [6.07, 6.45) is 4.36. The van der Waals surface area contributed by atoms with Crippen molar-refractivity contribution in [1.82, 2.24) is 20.0 Å². The van der Waals surface area contributed by atoms with Crippen molar-refractivity contribution in [3.63, 3.8) is 0 Å². The third kappa shape index (κ3) is 5.35. The van der Waals surface area contributed by atoms with E-state index in [1.165, 1.54) is 0 Å². The Morgan fingerprint density at radius 3 is 3.00 bits per heavy atom. The molecule has 1 aromatic heterocycles. The molecule has 0 aliphatic heterocycles. The van der Waals surface area contributed by atoms with Crippen molar-refractivity contribution in [3.8, 4) is 0 Å². The summed E-state index contributed by atoms with van der Waals surface area (Å²) >= 11 is 0. The van der Waals surface area contributed by atoms with Gasteiger partial charge in [-0.2, -0.15) is 5.10 Å². The second-order valence-corrected chi connectivity index (χ2v) is 4.12. The lowest BCUT2D eigenvalue weighted by Crippen LogP contribution is -2.36. The average molecular weight is 239 g/mol. The van der Waals surface area contributed by atoms with E-state index in [9.17, 15) is 4.79 Å². The highest BCUT2D eigenvalue weighted by atomic mass is 16.2. The topological polar surface area (TPSA) is 76.2 Å². The van der Waals surface area contributed by atoms with Crippen molar-refractivity contribution in [3.05, 3.63) is 12.4 Å². The molecule has 0 unspecified atom stereocenters. The Bertz CT molecular complexity index is 349. The van der Waals surface area contributed by atoms with Crippen molar-refractivity contribution in [2.75, 3.05) is 32.4 Å². The van der Waals surface area contributed by atoms with E-state index in [4.69, 9.17) is 5.73 Å². The van der Waals surface area contributed by atoms with Gasteiger partial charge in [-0.15, -0.1) is 0 Å². The summed E-state index contributed by atoms with van der Waals surface area (Å²) in [4.78, 5) is 13.4. The maximum atomic E-state index is 11.4. The number of aromatic nitrogens is 2. The number of nitrogens with one attached hydrogen (secondary N) is 1. The molecular weight excluding hydrogens is 218 g/mol. The predicted octanol–water partition coefficient (Wildman–Crippen LogP) is -0.0767. The van der Waals surface area contributed by atoms with Crippen LogP contribution in [0.2, 0.25) is 0 Å².